The Bertz CT molecular complexity index is 3040. The first-order valence-corrected chi connectivity index (χ1v) is 26.3. The van der Waals surface area contributed by atoms with Gasteiger partial charge in [0.1, 0.15) is 42.1 Å². The third-order valence-electron chi connectivity index (χ3n) is 13.6. The predicted molar refractivity (Wildman–Crippen MR) is 293 cm³/mol. The average Bonchev–Trinajstić information content (AvgIpc) is 2.63. The van der Waals surface area contributed by atoms with Crippen LogP contribution in [0.25, 0.3) is 0 Å². The Hall–Kier alpha value is -8.13. The highest BCUT2D eigenvalue weighted by molar-refractivity contribution is 6.07. The number of aromatic nitrogens is 2. The van der Waals surface area contributed by atoms with Crippen LogP contribution in [0.1, 0.15) is 72.9 Å². The summed E-state index contributed by atoms with van der Waals surface area (Å²) in [4.78, 5) is 102. The van der Waals surface area contributed by atoms with Crippen LogP contribution < -0.4 is 46.3 Å². The van der Waals surface area contributed by atoms with Crippen LogP contribution in [-0.4, -0.2) is 203 Å². The summed E-state index contributed by atoms with van der Waals surface area (Å²) in [7, 11) is 8.57. The van der Waals surface area contributed by atoms with Crippen LogP contribution in [0.2, 0.25) is 0 Å². The van der Waals surface area contributed by atoms with Crippen LogP contribution in [0.5, 0.6) is 17.2 Å². The van der Waals surface area contributed by atoms with Gasteiger partial charge in [-0.2, -0.15) is 0 Å². The minimum absolute atomic E-state index is 0.0158. The molecule has 2 aromatic carbocycles. The summed E-state index contributed by atoms with van der Waals surface area (Å²) < 4.78 is 37.0. The lowest BCUT2D eigenvalue weighted by molar-refractivity contribution is -0.271. The van der Waals surface area contributed by atoms with Gasteiger partial charge in [-0.15, -0.1) is 0 Å². The van der Waals surface area contributed by atoms with Gasteiger partial charge in [-0.3, -0.25) is 24.0 Å². The molecular weight excluding hydrogens is 1090 g/mol. The molecule has 6 amide bonds. The molecule has 5 heterocycles. The van der Waals surface area contributed by atoms with Crippen LogP contribution in [0.3, 0.4) is 0 Å². The third-order valence-corrected chi connectivity index (χ3v) is 13.6. The monoisotopic (exact) mass is 1160 g/mol. The van der Waals surface area contributed by atoms with Gasteiger partial charge in [0.05, 0.1) is 67.8 Å². The van der Waals surface area contributed by atoms with Gasteiger partial charge in [-0.1, -0.05) is 18.2 Å². The van der Waals surface area contributed by atoms with Crippen molar-refractivity contribution in [2.24, 2.45) is 20.0 Å². The molecule has 0 saturated carbocycles. The number of aryl methyl sites for hydroxylation is 2. The van der Waals surface area contributed by atoms with E-state index in [0.29, 0.717) is 29.2 Å². The molecule has 450 valence electrons. The number of fused-ring (bicyclic) bond motifs is 2. The molecule has 7 atom stereocenters. The zero-order valence-electron chi connectivity index (χ0n) is 46.4. The van der Waals surface area contributed by atoms with Crippen LogP contribution in [0.4, 0.5) is 21.9 Å². The molecule has 83 heavy (non-hydrogen) atoms. The van der Waals surface area contributed by atoms with E-state index in [9.17, 15) is 59.1 Å². The number of carbonyl (C=O) groups excluding carboxylic acids is 6. The second-order valence-electron chi connectivity index (χ2n) is 20.1. The van der Waals surface area contributed by atoms with Crippen molar-refractivity contribution in [1.82, 2.24) is 29.6 Å². The van der Waals surface area contributed by atoms with Crippen molar-refractivity contribution in [2.75, 3.05) is 89.3 Å². The molecule has 3 aliphatic heterocycles. The van der Waals surface area contributed by atoms with E-state index in [4.69, 9.17) is 34.3 Å². The van der Waals surface area contributed by atoms with Crippen molar-refractivity contribution in [3.63, 3.8) is 0 Å². The molecule has 0 radical (unpaired) electrons. The van der Waals surface area contributed by atoms with E-state index in [1.165, 1.54) is 48.4 Å². The summed E-state index contributed by atoms with van der Waals surface area (Å²) in [5.74, 6) is 0.685. The van der Waals surface area contributed by atoms with Gasteiger partial charge in [0.25, 0.3) is 23.6 Å². The third kappa shape index (κ3) is 15.3. The Morgan fingerprint density at radius 3 is 2.19 bits per heavy atom. The van der Waals surface area contributed by atoms with Crippen LogP contribution in [0, 0.1) is 0 Å². The van der Waals surface area contributed by atoms with Crippen molar-refractivity contribution in [3.8, 4) is 17.2 Å². The number of anilines is 3. The molecule has 11 N–H and O–H groups in total. The van der Waals surface area contributed by atoms with Gasteiger partial charge in [-0.25, -0.2) is 20.4 Å². The Morgan fingerprint density at radius 2 is 1.51 bits per heavy atom. The number of nitrogens with zero attached hydrogens (tertiary/aromatic N) is 5. The molecule has 4 aromatic rings. The van der Waals surface area contributed by atoms with E-state index in [0.717, 1.165) is 17.9 Å². The maximum atomic E-state index is 14.4. The highest BCUT2D eigenvalue weighted by Gasteiger charge is 2.49. The van der Waals surface area contributed by atoms with Crippen LogP contribution >= 0.6 is 0 Å². The molecule has 3 aliphatic rings. The van der Waals surface area contributed by atoms with E-state index in [1.54, 1.807) is 41.7 Å². The van der Waals surface area contributed by atoms with Gasteiger partial charge in [0, 0.05) is 58.6 Å². The van der Waals surface area contributed by atoms with Crippen molar-refractivity contribution >= 4 is 58.7 Å². The van der Waals surface area contributed by atoms with Gasteiger partial charge in [0.15, 0.2) is 23.8 Å². The van der Waals surface area contributed by atoms with Gasteiger partial charge in [-0.05, 0) is 75.8 Å². The second kappa shape index (κ2) is 28.2. The topological polar surface area (TPSA) is 379 Å². The van der Waals surface area contributed by atoms with Crippen LogP contribution in [-0.2, 0) is 49.3 Å². The Kier molecular flexibility index (Phi) is 21.2. The Labute approximate surface area is 476 Å². The fourth-order valence-electron chi connectivity index (χ4n) is 9.40. The number of nitrogens with one attached hydrogen (secondary N) is 4. The Balaban J connectivity index is 1.02. The maximum absolute atomic E-state index is 14.4. The summed E-state index contributed by atoms with van der Waals surface area (Å²) in [6.45, 7) is 4.90. The highest BCUT2D eigenvalue weighted by atomic mass is 16.7. The molecule has 2 aromatic heterocycles. The standard InChI is InChI=1S/C54H70N10O19/c1-29-19-38-51(73)64(54(76)80-28-30-10-11-39(34(20-30)47(69)57-13-16-78-17-18-81-55)82-53-45(68)43(66)44(67)46(83-53)52(74)75)35-24-41(40(77-6)23-33(35)50(72)63(38)25-29)79-15-7-9-42(65)58-31-21-37(62(5)26-31)49(71)59-32-22-36(61(4)27-32)48(70)56-12-8-14-60(2)3/h10-11,20-24,26-27,38,43-46,51,53,66-68,73H,1,7-9,12-19,25,28,55H2,2-6H3,(H,56,70)(H,57,69)(H,58,65)(H,59,71)(H,74,75)/t38-,43-,44-,45+,46-,51?,53+/m0/s1. The maximum Gasteiger partial charge on any atom is 0.416 e. The van der Waals surface area contributed by atoms with Crippen molar-refractivity contribution in [2.45, 2.75) is 75.3 Å². The van der Waals surface area contributed by atoms with E-state index in [2.05, 4.69) is 32.7 Å². The number of aliphatic hydroxyl groups excluding tert-OH is 4. The number of ether oxygens (including phenoxy) is 6. The molecule has 1 unspecified atom stereocenters. The summed E-state index contributed by atoms with van der Waals surface area (Å²) >= 11 is 0. The smallest absolute Gasteiger partial charge is 0.416 e. The first-order chi connectivity index (χ1) is 39.6. The molecule has 2 fully saturated rings. The largest absolute Gasteiger partial charge is 0.493 e. The quantitative estimate of drug-likeness (QED) is 0.0229. The fraction of sp³-hybridized carbons (Fsp3) is 0.463. The molecule has 29 heteroatoms. The van der Waals surface area contributed by atoms with Crippen LogP contribution in [0.15, 0.2) is 67.0 Å². The van der Waals surface area contributed by atoms with E-state index in [-0.39, 0.29) is 110 Å². The lowest BCUT2D eigenvalue weighted by Gasteiger charge is -2.38. The SMILES string of the molecule is C=C1C[C@H]2C(O)N(C(=O)OCc3ccc(O[C@@H]4O[C@H](C(=O)O)[C@@H](O)[C@H](O)[C@H]4O)c(C(=O)NCCOCCON)c3)c3cc(OCCCC(=O)Nc4cc(C(=O)Nc5cc(C(=O)NCCCN(C)C)n(C)c5)n(C)c4)c(OC)cc3C(=O)N2C1. The van der Waals surface area contributed by atoms with Crippen molar-refractivity contribution < 1.29 is 92.4 Å². The van der Waals surface area contributed by atoms with E-state index in [1.807, 2.05) is 19.0 Å². The number of amides is 6. The molecule has 0 aliphatic carbocycles. The number of carboxylic acids is 1. The number of aliphatic hydroxyl groups is 4. The van der Waals surface area contributed by atoms with Gasteiger partial charge in [0.2, 0.25) is 12.2 Å². The molecular formula is C54H70N10O19. The Morgan fingerprint density at radius 1 is 0.807 bits per heavy atom. The van der Waals surface area contributed by atoms with Gasteiger partial charge >= 0.3 is 12.1 Å². The summed E-state index contributed by atoms with van der Waals surface area (Å²) in [6.07, 6.45) is -8.56. The lowest BCUT2D eigenvalue weighted by Crippen LogP contribution is -2.61. The molecule has 7 rings (SSSR count). The zero-order valence-corrected chi connectivity index (χ0v) is 46.4. The normalized spacial score (nSPS) is 20.3. The van der Waals surface area contributed by atoms with Gasteiger partial charge < -0.3 is 99.0 Å². The number of carboxylic acid groups (broad SMARTS) is 1. The van der Waals surface area contributed by atoms with E-state index < -0.39 is 85.3 Å². The number of hydrogen-bond donors (Lipinski definition) is 10. The first kappa shape index (κ1) is 62.5. The van der Waals surface area contributed by atoms with Crippen molar-refractivity contribution in [1.29, 1.82) is 0 Å². The number of aliphatic carboxylic acids is 1. The lowest BCUT2D eigenvalue weighted by atomic mass is 9.99. The summed E-state index contributed by atoms with van der Waals surface area (Å²) in [6, 6.07) is 8.64. The van der Waals surface area contributed by atoms with E-state index >= 15 is 0 Å². The second-order valence-corrected chi connectivity index (χ2v) is 20.1. The van der Waals surface area contributed by atoms with Crippen molar-refractivity contribution in [3.05, 3.63) is 95.1 Å². The number of rotatable bonds is 26. The summed E-state index contributed by atoms with van der Waals surface area (Å²) in [5, 5.41) is 63.9. The number of benzene rings is 2. The molecule has 0 bridgehead atoms. The minimum Gasteiger partial charge on any atom is -0.493 e. The number of hydrogen-bond acceptors (Lipinski definition) is 20. The summed E-state index contributed by atoms with van der Waals surface area (Å²) in [5.41, 5.74) is 1.70. The predicted octanol–water partition coefficient (Wildman–Crippen LogP) is 0.257. The first-order valence-electron chi connectivity index (χ1n) is 26.3. The highest BCUT2D eigenvalue weighted by Crippen LogP contribution is 2.42. The minimum atomic E-state index is -2.02. The number of carbonyl (C=O) groups is 7. The molecule has 2 saturated heterocycles. The zero-order chi connectivity index (χ0) is 60.2. The fourth-order valence-corrected chi connectivity index (χ4v) is 9.40. The molecule has 29 nitrogen and oxygen atoms in total. The number of nitrogens with two attached hydrogens (primary N) is 1. The molecule has 0 spiro atoms. The number of methoxy groups -OCH3 is 1. The average molecular weight is 1160 g/mol.